The molecule has 0 radical (unpaired) electrons. The minimum atomic E-state index is -0.741. The van der Waals surface area contributed by atoms with E-state index in [0.717, 1.165) is 19.4 Å². The third-order valence-corrected chi connectivity index (χ3v) is 6.28. The van der Waals surface area contributed by atoms with Gasteiger partial charge in [0.15, 0.2) is 0 Å². The molecule has 3 heteroatoms. The molecule has 1 saturated heterocycles. The molecule has 0 aromatic heterocycles. The van der Waals surface area contributed by atoms with Crippen LogP contribution in [0.4, 0.5) is 0 Å². The number of carbonyl (C=O) groups excluding carboxylic acids is 1. The van der Waals surface area contributed by atoms with E-state index in [1.165, 1.54) is 16.7 Å². The molecule has 1 N–H and O–H groups in total. The predicted octanol–water partition coefficient (Wildman–Crippen LogP) is 1.98. The van der Waals surface area contributed by atoms with Crippen molar-refractivity contribution in [1.82, 2.24) is 4.90 Å². The fourth-order valence-corrected chi connectivity index (χ4v) is 5.14. The molecule has 3 atom stereocenters. The van der Waals surface area contributed by atoms with Gasteiger partial charge >= 0.3 is 0 Å². The van der Waals surface area contributed by atoms with Crippen LogP contribution in [0.5, 0.6) is 0 Å². The Morgan fingerprint density at radius 3 is 2.95 bits per heavy atom. The van der Waals surface area contributed by atoms with Crippen LogP contribution in [0.3, 0.4) is 0 Å². The van der Waals surface area contributed by atoms with Crippen LogP contribution in [0.1, 0.15) is 42.4 Å². The first-order valence-corrected chi connectivity index (χ1v) is 8.01. The summed E-state index contributed by atoms with van der Waals surface area (Å²) >= 11 is 0. The third-order valence-electron chi connectivity index (χ3n) is 6.28. The fourth-order valence-electron chi connectivity index (χ4n) is 5.14. The second-order valence-corrected chi connectivity index (χ2v) is 7.33. The highest BCUT2D eigenvalue weighted by Crippen LogP contribution is 2.57. The third kappa shape index (κ3) is 1.59. The Hall–Kier alpha value is -1.19. The van der Waals surface area contributed by atoms with Gasteiger partial charge in [-0.1, -0.05) is 23.8 Å². The summed E-state index contributed by atoms with van der Waals surface area (Å²) in [6.07, 6.45) is 3.46. The fraction of sp³-hybridized carbons (Fsp3) is 0.611. The Morgan fingerprint density at radius 2 is 2.14 bits per heavy atom. The highest BCUT2D eigenvalue weighted by atomic mass is 16.3. The zero-order valence-corrected chi connectivity index (χ0v) is 12.9. The lowest BCUT2D eigenvalue weighted by molar-refractivity contribution is -0.168. The molecule has 2 fully saturated rings. The topological polar surface area (TPSA) is 40.5 Å². The Morgan fingerprint density at radius 1 is 1.33 bits per heavy atom. The molecule has 112 valence electrons. The van der Waals surface area contributed by atoms with Gasteiger partial charge in [-0.15, -0.1) is 0 Å². The summed E-state index contributed by atoms with van der Waals surface area (Å²) in [5.74, 6) is 0.317. The molecule has 0 spiro atoms. The molecular weight excluding hydrogens is 262 g/mol. The van der Waals surface area contributed by atoms with Crippen molar-refractivity contribution in [1.29, 1.82) is 0 Å². The smallest absolute Gasteiger partial charge is 0.134 e. The van der Waals surface area contributed by atoms with Gasteiger partial charge in [0.25, 0.3) is 0 Å². The van der Waals surface area contributed by atoms with Gasteiger partial charge in [-0.05, 0) is 50.9 Å². The number of hydrogen-bond donors (Lipinski definition) is 1. The Bertz CT molecular complexity index is 626. The zero-order chi connectivity index (χ0) is 14.8. The summed E-state index contributed by atoms with van der Waals surface area (Å²) in [7, 11) is 2.11. The number of Topliss-reactive ketones (excluding diaryl/α,β-unsaturated/α-hetero) is 1. The predicted molar refractivity (Wildman–Crippen MR) is 81.4 cm³/mol. The minimum absolute atomic E-state index is 0.148. The van der Waals surface area contributed by atoms with Crippen molar-refractivity contribution >= 4 is 5.78 Å². The van der Waals surface area contributed by atoms with E-state index in [-0.39, 0.29) is 11.5 Å². The van der Waals surface area contributed by atoms with Crippen LogP contribution in [0.2, 0.25) is 0 Å². The molecule has 0 unspecified atom stereocenters. The number of nitrogens with zero attached hydrogens (tertiary/aromatic N) is 1. The van der Waals surface area contributed by atoms with Crippen LogP contribution in [-0.4, -0.2) is 41.0 Å². The molecule has 3 aliphatic rings. The molecule has 1 heterocycles. The first-order chi connectivity index (χ1) is 9.96. The summed E-state index contributed by atoms with van der Waals surface area (Å²) in [5.41, 5.74) is 2.72. The molecular formula is C18H23NO2. The van der Waals surface area contributed by atoms with Crippen molar-refractivity contribution in [2.45, 2.75) is 56.1 Å². The van der Waals surface area contributed by atoms with Gasteiger partial charge in [0, 0.05) is 24.3 Å². The highest BCUT2D eigenvalue weighted by molar-refractivity contribution is 5.82. The van der Waals surface area contributed by atoms with Crippen molar-refractivity contribution in [3.8, 4) is 0 Å². The standard InChI is InChI=1S/C18H23NO2/c1-12-3-4-13-10-16-18(21)6-5-14(20)11-17(18,15(13)9-12)7-8-19(16)2/h3-4,9,16,21H,5-8,10-11H2,1-2H3/t16-,17-,18-/m1/s1. The maximum Gasteiger partial charge on any atom is 0.134 e. The van der Waals surface area contributed by atoms with Crippen LogP contribution in [-0.2, 0) is 16.6 Å². The second-order valence-electron chi connectivity index (χ2n) is 7.33. The van der Waals surface area contributed by atoms with Crippen molar-refractivity contribution in [3.05, 3.63) is 34.9 Å². The van der Waals surface area contributed by atoms with Crippen LogP contribution < -0.4 is 0 Å². The molecule has 21 heavy (non-hydrogen) atoms. The number of aryl methyl sites for hydroxylation is 1. The summed E-state index contributed by atoms with van der Waals surface area (Å²) in [6.45, 7) is 3.06. The number of likely N-dealkylation sites (tertiary alicyclic amines) is 1. The van der Waals surface area contributed by atoms with Gasteiger partial charge in [-0.2, -0.15) is 0 Å². The summed E-state index contributed by atoms with van der Waals surface area (Å²) < 4.78 is 0. The molecule has 4 rings (SSSR count). The maximum absolute atomic E-state index is 12.2. The van der Waals surface area contributed by atoms with Gasteiger partial charge in [-0.3, -0.25) is 4.79 Å². The van der Waals surface area contributed by atoms with Gasteiger partial charge in [0.1, 0.15) is 5.78 Å². The number of ketones is 1. The van der Waals surface area contributed by atoms with Crippen molar-refractivity contribution < 1.29 is 9.90 Å². The van der Waals surface area contributed by atoms with E-state index in [4.69, 9.17) is 0 Å². The normalized spacial score (nSPS) is 38.8. The van der Waals surface area contributed by atoms with Gasteiger partial charge in [0.05, 0.1) is 5.60 Å². The first-order valence-electron chi connectivity index (χ1n) is 8.01. The van der Waals surface area contributed by atoms with E-state index in [2.05, 4.69) is 37.1 Å². The number of piperidine rings is 1. The lowest BCUT2D eigenvalue weighted by atomic mass is 9.49. The number of rotatable bonds is 0. The number of fused-ring (bicyclic) bond motifs is 1. The van der Waals surface area contributed by atoms with Gasteiger partial charge in [0.2, 0.25) is 0 Å². The first kappa shape index (κ1) is 13.5. The van der Waals surface area contributed by atoms with Crippen LogP contribution in [0.25, 0.3) is 0 Å². The van der Waals surface area contributed by atoms with Gasteiger partial charge in [-0.25, -0.2) is 0 Å². The van der Waals surface area contributed by atoms with Gasteiger partial charge < -0.3 is 10.0 Å². The number of aliphatic hydroxyl groups is 1. The number of likely N-dealkylation sites (N-methyl/N-ethyl adjacent to an activating group) is 1. The van der Waals surface area contributed by atoms with E-state index >= 15 is 0 Å². The lowest BCUT2D eigenvalue weighted by Crippen LogP contribution is -2.72. The van der Waals surface area contributed by atoms with E-state index in [1.807, 2.05) is 0 Å². The second kappa shape index (κ2) is 4.17. The van der Waals surface area contributed by atoms with E-state index in [0.29, 0.717) is 25.0 Å². The SMILES string of the molecule is Cc1ccc2c(c1)[C@]13CCN(C)[C@H](C2)[C@]1(O)CCC(=O)C3. The molecule has 3 nitrogen and oxygen atoms in total. The molecule has 1 aromatic rings. The Balaban J connectivity index is 1.98. The maximum atomic E-state index is 12.2. The summed E-state index contributed by atoms with van der Waals surface area (Å²) in [6, 6.07) is 6.73. The summed E-state index contributed by atoms with van der Waals surface area (Å²) in [5, 5.41) is 11.6. The van der Waals surface area contributed by atoms with Crippen LogP contribution >= 0.6 is 0 Å². The monoisotopic (exact) mass is 285 g/mol. The van der Waals surface area contributed by atoms with Crippen molar-refractivity contribution in [2.75, 3.05) is 13.6 Å². The Kier molecular flexibility index (Phi) is 2.68. The molecule has 1 saturated carbocycles. The van der Waals surface area contributed by atoms with Crippen LogP contribution in [0.15, 0.2) is 18.2 Å². The summed E-state index contributed by atoms with van der Waals surface area (Å²) in [4.78, 5) is 14.5. The van der Waals surface area contributed by atoms with Crippen LogP contribution in [0, 0.1) is 6.92 Å². The molecule has 2 aliphatic carbocycles. The van der Waals surface area contributed by atoms with E-state index in [1.54, 1.807) is 0 Å². The van der Waals surface area contributed by atoms with E-state index in [9.17, 15) is 9.90 Å². The highest BCUT2D eigenvalue weighted by Gasteiger charge is 2.64. The average molecular weight is 285 g/mol. The minimum Gasteiger partial charge on any atom is -0.387 e. The zero-order valence-electron chi connectivity index (χ0n) is 12.9. The Labute approximate surface area is 126 Å². The van der Waals surface area contributed by atoms with E-state index < -0.39 is 5.60 Å². The average Bonchev–Trinajstić information content (AvgIpc) is 2.45. The number of benzene rings is 1. The number of hydrogen-bond acceptors (Lipinski definition) is 3. The molecule has 0 amide bonds. The molecule has 1 aromatic carbocycles. The largest absolute Gasteiger partial charge is 0.387 e. The molecule has 1 aliphatic heterocycles. The number of carbonyl (C=O) groups is 1. The quantitative estimate of drug-likeness (QED) is 0.792. The van der Waals surface area contributed by atoms with Crippen molar-refractivity contribution in [3.63, 3.8) is 0 Å². The lowest BCUT2D eigenvalue weighted by Gasteiger charge is -2.63. The molecule has 2 bridgehead atoms. The van der Waals surface area contributed by atoms with Crippen molar-refractivity contribution in [2.24, 2.45) is 0 Å².